The van der Waals surface area contributed by atoms with E-state index in [2.05, 4.69) is 88.4 Å². The van der Waals surface area contributed by atoms with Crippen LogP contribution in [-0.4, -0.2) is 24.6 Å². The Morgan fingerprint density at radius 2 is 0.778 bits per heavy atom. The van der Waals surface area contributed by atoms with Crippen LogP contribution in [0.3, 0.4) is 0 Å². The van der Waals surface area contributed by atoms with Crippen molar-refractivity contribution >= 4 is 26.5 Å². The molecule has 0 aliphatic heterocycles. The lowest BCUT2D eigenvalue weighted by atomic mass is 10.1. The van der Waals surface area contributed by atoms with Crippen molar-refractivity contribution in [3.8, 4) is 0 Å². The Morgan fingerprint density at radius 3 is 1.14 bits per heavy atom. The van der Waals surface area contributed by atoms with Gasteiger partial charge in [-0.3, -0.25) is 0 Å². The quantitative estimate of drug-likeness (QED) is 0.112. The van der Waals surface area contributed by atoms with Gasteiger partial charge in [0.25, 0.3) is 0 Å². The maximum Gasteiger partial charge on any atom is -0.0195 e. The highest BCUT2D eigenvalue weighted by atomic mass is 31.1. The van der Waals surface area contributed by atoms with Crippen molar-refractivity contribution in [2.45, 2.75) is 105 Å². The molecule has 0 aromatic heterocycles. The van der Waals surface area contributed by atoms with E-state index in [1.165, 1.54) is 112 Å². The zero-order valence-electron chi connectivity index (χ0n) is 24.1. The molecule has 36 heavy (non-hydrogen) atoms. The Hall–Kier alpha value is -0.700. The molecule has 0 atom stereocenters. The van der Waals surface area contributed by atoms with E-state index < -0.39 is 0 Å². The zero-order valence-corrected chi connectivity index (χ0v) is 25.9. The van der Waals surface area contributed by atoms with Crippen LogP contribution in [0, 0.1) is 11.8 Å². The fourth-order valence-electron chi connectivity index (χ4n) is 5.29. The smallest absolute Gasteiger partial charge is 0.0195 e. The molecule has 0 radical (unpaired) electrons. The lowest BCUT2D eigenvalue weighted by Gasteiger charge is -2.21. The van der Waals surface area contributed by atoms with E-state index in [0.29, 0.717) is 7.92 Å². The first-order chi connectivity index (χ1) is 17.6. The van der Waals surface area contributed by atoms with Crippen LogP contribution in [0.2, 0.25) is 0 Å². The Bertz CT molecular complexity index is 691. The van der Waals surface area contributed by atoms with Gasteiger partial charge in [-0.2, -0.15) is 0 Å². The van der Waals surface area contributed by atoms with Crippen molar-refractivity contribution < 1.29 is 0 Å². The summed E-state index contributed by atoms with van der Waals surface area (Å²) in [6.07, 6.45) is 23.2. The van der Waals surface area contributed by atoms with Crippen molar-refractivity contribution in [1.29, 1.82) is 0 Å². The molecule has 0 aliphatic carbocycles. The maximum absolute atomic E-state index is 2.41. The second-order valence-corrected chi connectivity index (χ2v) is 16.5. The maximum atomic E-state index is 2.41. The molecule has 0 saturated carbocycles. The Morgan fingerprint density at radius 1 is 0.444 bits per heavy atom. The summed E-state index contributed by atoms with van der Waals surface area (Å²) in [4.78, 5) is 0. The van der Waals surface area contributed by atoms with E-state index in [1.807, 2.05) is 0 Å². The largest absolute Gasteiger partial charge is 0.106 e. The summed E-state index contributed by atoms with van der Waals surface area (Å²) in [6, 6.07) is 22.4. The summed E-state index contributed by atoms with van der Waals surface area (Å²) in [5.74, 6) is 1.77. The van der Waals surface area contributed by atoms with Gasteiger partial charge in [-0.15, -0.1) is 7.92 Å². The van der Waals surface area contributed by atoms with Gasteiger partial charge in [0.2, 0.25) is 0 Å². The molecule has 202 valence electrons. The van der Waals surface area contributed by atoms with Gasteiger partial charge in [0.15, 0.2) is 0 Å². The van der Waals surface area contributed by atoms with Crippen molar-refractivity contribution in [2.75, 3.05) is 24.6 Å². The Labute approximate surface area is 228 Å². The average Bonchev–Trinajstić information content (AvgIpc) is 2.86. The van der Waals surface area contributed by atoms with E-state index in [9.17, 15) is 0 Å². The average molecular weight is 527 g/mol. The minimum Gasteiger partial charge on any atom is -0.106 e. The summed E-state index contributed by atoms with van der Waals surface area (Å²) in [6.45, 7) is 9.63. The van der Waals surface area contributed by atoms with E-state index in [-0.39, 0.29) is 7.92 Å². The van der Waals surface area contributed by atoms with Crippen molar-refractivity contribution in [1.82, 2.24) is 0 Å². The van der Waals surface area contributed by atoms with E-state index >= 15 is 0 Å². The van der Waals surface area contributed by atoms with Crippen LogP contribution in [0.5, 0.6) is 0 Å². The van der Waals surface area contributed by atoms with E-state index in [1.54, 1.807) is 0 Å². The minimum absolute atomic E-state index is 0.201. The highest BCUT2D eigenvalue weighted by Gasteiger charge is 2.13. The summed E-state index contributed by atoms with van der Waals surface area (Å²) >= 11 is 0. The zero-order chi connectivity index (χ0) is 25.8. The molecule has 2 heteroatoms. The van der Waals surface area contributed by atoms with Gasteiger partial charge < -0.3 is 0 Å². The molecular formula is C34H56P2. The van der Waals surface area contributed by atoms with Gasteiger partial charge in [-0.25, -0.2) is 0 Å². The van der Waals surface area contributed by atoms with Gasteiger partial charge in [-0.1, -0.05) is 153 Å². The number of hydrogen-bond donors (Lipinski definition) is 0. The van der Waals surface area contributed by atoms with Crippen LogP contribution in [0.15, 0.2) is 60.7 Å². The molecular weight excluding hydrogens is 470 g/mol. The summed E-state index contributed by atoms with van der Waals surface area (Å²) in [5, 5.41) is 3.07. The molecule has 0 N–H and O–H groups in total. The van der Waals surface area contributed by atoms with Crippen LogP contribution in [0.25, 0.3) is 0 Å². The van der Waals surface area contributed by atoms with Crippen LogP contribution >= 0.6 is 15.8 Å². The predicted molar refractivity (Wildman–Crippen MR) is 171 cm³/mol. The summed E-state index contributed by atoms with van der Waals surface area (Å²) in [5.41, 5.74) is 0. The fraction of sp³-hybridized carbons (Fsp3) is 0.647. The fourth-order valence-corrected chi connectivity index (χ4v) is 11.0. The molecule has 0 aliphatic rings. The third-order valence-electron chi connectivity index (χ3n) is 6.99. The van der Waals surface area contributed by atoms with E-state index in [0.717, 1.165) is 11.8 Å². The lowest BCUT2D eigenvalue weighted by Crippen LogP contribution is -2.13. The second kappa shape index (κ2) is 20.3. The first-order valence-electron chi connectivity index (χ1n) is 15.2. The number of unbranched alkanes of at least 4 members (excludes halogenated alkanes) is 11. The third kappa shape index (κ3) is 14.9. The highest BCUT2D eigenvalue weighted by Crippen LogP contribution is 2.40. The first-order valence-corrected chi connectivity index (χ1v) is 18.6. The minimum atomic E-state index is -0.201. The molecule has 0 heterocycles. The molecule has 0 fully saturated rings. The number of rotatable bonds is 21. The van der Waals surface area contributed by atoms with Crippen molar-refractivity contribution in [3.05, 3.63) is 60.7 Å². The monoisotopic (exact) mass is 526 g/mol. The van der Waals surface area contributed by atoms with Crippen LogP contribution in [0.1, 0.15) is 105 Å². The summed E-state index contributed by atoms with van der Waals surface area (Å²) in [7, 11) is 0.0930. The lowest BCUT2D eigenvalue weighted by molar-refractivity contribution is 0.548. The van der Waals surface area contributed by atoms with Crippen LogP contribution < -0.4 is 10.6 Å². The highest BCUT2D eigenvalue weighted by molar-refractivity contribution is 7.73. The molecule has 0 saturated heterocycles. The predicted octanol–water partition coefficient (Wildman–Crippen LogP) is 10.6. The summed E-state index contributed by atoms with van der Waals surface area (Å²) < 4.78 is 0. The Kier molecular flexibility index (Phi) is 17.8. The molecule has 0 nitrogen and oxygen atoms in total. The second-order valence-electron chi connectivity index (χ2n) is 11.6. The van der Waals surface area contributed by atoms with E-state index in [4.69, 9.17) is 0 Å². The number of hydrogen-bond acceptors (Lipinski definition) is 0. The standard InChI is InChI=1S/C34H56P2/c1-31(2)29-35(30-32(3)4)27-21-13-11-9-7-5-6-8-10-12-14-22-28-36(33-23-17-15-18-24-33)34-25-19-16-20-26-34/h15-20,23-26,31-32H,5-14,21-22,27-30H2,1-4H3. The topological polar surface area (TPSA) is 0 Å². The normalized spacial score (nSPS) is 11.9. The van der Waals surface area contributed by atoms with Gasteiger partial charge in [-0.05, 0) is 67.9 Å². The SMILES string of the molecule is CC(C)CP(CCCCCCCCCCCCCCP(c1ccccc1)c1ccccc1)CC(C)C. The van der Waals surface area contributed by atoms with Gasteiger partial charge in [0, 0.05) is 0 Å². The van der Waals surface area contributed by atoms with Gasteiger partial charge in [0.1, 0.15) is 0 Å². The molecule has 0 amide bonds. The first kappa shape index (κ1) is 31.5. The van der Waals surface area contributed by atoms with Crippen molar-refractivity contribution in [2.24, 2.45) is 11.8 Å². The van der Waals surface area contributed by atoms with Gasteiger partial charge >= 0.3 is 0 Å². The molecule has 0 spiro atoms. The molecule has 0 bridgehead atoms. The number of benzene rings is 2. The molecule has 2 aromatic rings. The third-order valence-corrected chi connectivity index (χ3v) is 13.0. The molecule has 2 aromatic carbocycles. The van der Waals surface area contributed by atoms with Crippen LogP contribution in [0.4, 0.5) is 0 Å². The Balaban J connectivity index is 1.46. The van der Waals surface area contributed by atoms with Crippen LogP contribution in [-0.2, 0) is 0 Å². The van der Waals surface area contributed by atoms with Crippen molar-refractivity contribution in [3.63, 3.8) is 0 Å². The molecule has 0 unspecified atom stereocenters. The molecule has 2 rings (SSSR count). The van der Waals surface area contributed by atoms with Gasteiger partial charge in [0.05, 0.1) is 0 Å².